The van der Waals surface area contributed by atoms with Crippen molar-refractivity contribution in [3.8, 4) is 22.9 Å². The number of hydrogen-bond acceptors (Lipinski definition) is 11. The van der Waals surface area contributed by atoms with Gasteiger partial charge in [-0.3, -0.25) is 4.79 Å². The van der Waals surface area contributed by atoms with Gasteiger partial charge in [0, 0.05) is 29.6 Å². The van der Waals surface area contributed by atoms with Crippen LogP contribution in [0.25, 0.3) is 16.7 Å². The van der Waals surface area contributed by atoms with Crippen LogP contribution in [0.5, 0.6) is 17.2 Å². The molecule has 0 spiro atoms. The van der Waals surface area contributed by atoms with E-state index in [9.17, 15) is 29.7 Å². The summed E-state index contributed by atoms with van der Waals surface area (Å²) in [7, 11) is 1.42. The van der Waals surface area contributed by atoms with Crippen LogP contribution >= 0.6 is 0 Å². The van der Waals surface area contributed by atoms with E-state index >= 15 is 0 Å². The highest BCUT2D eigenvalue weighted by atomic mass is 16.7. The molecule has 3 aromatic carbocycles. The number of ether oxygens (including phenoxy) is 4. The number of aryl methyl sites for hydroxylation is 2. The molecule has 13 nitrogen and oxygen atoms in total. The fourth-order valence-electron chi connectivity index (χ4n) is 6.73. The monoisotopic (exact) mass is 752 g/mol. The number of rotatable bonds is 10. The van der Waals surface area contributed by atoms with E-state index < -0.39 is 59.1 Å². The minimum atomic E-state index is -1.54. The van der Waals surface area contributed by atoms with Crippen LogP contribution in [0.15, 0.2) is 93.7 Å². The summed E-state index contributed by atoms with van der Waals surface area (Å²) in [5.74, 6) is -1.77. The van der Waals surface area contributed by atoms with Crippen molar-refractivity contribution in [1.29, 1.82) is 0 Å². The summed E-state index contributed by atoms with van der Waals surface area (Å²) < 4.78 is 31.4. The Morgan fingerprint density at radius 1 is 1.00 bits per heavy atom. The van der Waals surface area contributed by atoms with Crippen molar-refractivity contribution in [3.05, 3.63) is 123 Å². The Morgan fingerprint density at radius 2 is 1.73 bits per heavy atom. The number of hydrogen-bond donors (Lipinski definition) is 4. The fourth-order valence-corrected chi connectivity index (χ4v) is 6.73. The lowest BCUT2D eigenvalue weighted by atomic mass is 9.89. The number of benzene rings is 3. The number of phenolic OH excluding ortho intramolecular Hbond substituents is 1. The number of para-hydroxylation sites is 1. The topological polar surface area (TPSA) is 179 Å². The van der Waals surface area contributed by atoms with Gasteiger partial charge in [0.1, 0.15) is 28.9 Å². The van der Waals surface area contributed by atoms with E-state index in [-0.39, 0.29) is 39.3 Å². The lowest BCUT2D eigenvalue weighted by molar-refractivity contribution is -0.305. The molecule has 13 heteroatoms. The summed E-state index contributed by atoms with van der Waals surface area (Å²) in [5.41, 5.74) is 1.12. The number of esters is 1. The zero-order valence-electron chi connectivity index (χ0n) is 31.6. The number of amides is 1. The molecule has 0 saturated carbocycles. The van der Waals surface area contributed by atoms with E-state index in [4.69, 9.17) is 23.4 Å². The number of nitrogens with zero attached hydrogens (tertiary/aromatic N) is 1. The van der Waals surface area contributed by atoms with Crippen LogP contribution in [0.2, 0.25) is 0 Å². The number of aliphatic hydroxyl groups is 1. The van der Waals surface area contributed by atoms with E-state index in [1.807, 2.05) is 57.2 Å². The predicted molar refractivity (Wildman–Crippen MR) is 204 cm³/mol. The predicted octanol–water partition coefficient (Wildman–Crippen LogP) is 6.49. The van der Waals surface area contributed by atoms with Gasteiger partial charge >= 0.3 is 11.6 Å². The normalized spacial score (nSPS) is 19.1. The van der Waals surface area contributed by atoms with Gasteiger partial charge in [0.2, 0.25) is 6.29 Å². The van der Waals surface area contributed by atoms with Crippen LogP contribution < -0.4 is 15.7 Å². The maximum Gasteiger partial charge on any atom is 0.364 e. The van der Waals surface area contributed by atoms with Gasteiger partial charge in [-0.2, -0.15) is 0 Å². The van der Waals surface area contributed by atoms with Crippen molar-refractivity contribution in [2.24, 2.45) is 0 Å². The molecule has 1 amide bonds. The number of carbonyl (C=O) groups excluding carboxylic acids is 2. The first-order valence-electron chi connectivity index (χ1n) is 17.7. The lowest BCUT2D eigenvalue weighted by Gasteiger charge is -2.47. The van der Waals surface area contributed by atoms with Gasteiger partial charge in [-0.25, -0.2) is 9.59 Å². The fraction of sp³-hybridized carbons (Fsp3) is 0.310. The second-order valence-corrected chi connectivity index (χ2v) is 14.2. The summed E-state index contributed by atoms with van der Waals surface area (Å²) in [6.45, 7) is 10.7. The number of allylic oxidation sites excluding steroid dienone is 2. The van der Waals surface area contributed by atoms with Gasteiger partial charge in [0.15, 0.2) is 23.6 Å². The third-order valence-electron chi connectivity index (χ3n) is 9.62. The van der Waals surface area contributed by atoms with Crippen LogP contribution in [-0.4, -0.2) is 69.1 Å². The molecule has 55 heavy (non-hydrogen) atoms. The molecule has 6 rings (SSSR count). The van der Waals surface area contributed by atoms with Gasteiger partial charge < -0.3 is 48.6 Å². The first-order chi connectivity index (χ1) is 26.1. The van der Waals surface area contributed by atoms with Crippen LogP contribution in [0, 0.1) is 13.8 Å². The first kappa shape index (κ1) is 38.8. The molecule has 0 aliphatic carbocycles. The van der Waals surface area contributed by atoms with Gasteiger partial charge in [-0.1, -0.05) is 29.8 Å². The second-order valence-electron chi connectivity index (χ2n) is 14.2. The van der Waals surface area contributed by atoms with E-state index in [2.05, 4.69) is 5.32 Å². The number of fused-ring (bicyclic) bond motifs is 1. The average molecular weight is 753 g/mol. The van der Waals surface area contributed by atoms with Crippen LogP contribution in [0.1, 0.15) is 65.4 Å². The van der Waals surface area contributed by atoms with E-state index in [0.717, 1.165) is 17.0 Å². The highest BCUT2D eigenvalue weighted by Gasteiger charge is 2.53. The Hall–Kier alpha value is -5.89. The smallest absolute Gasteiger partial charge is 0.364 e. The molecular formula is C42H44N2O11. The molecule has 4 atom stereocenters. The first-order valence-corrected chi connectivity index (χ1v) is 17.7. The number of nitrogens with one attached hydrogen (secondary N) is 1. The Bertz CT molecular complexity index is 2340. The maximum atomic E-state index is 13.7. The summed E-state index contributed by atoms with van der Waals surface area (Å²) in [6, 6.07) is 20.0. The third-order valence-corrected chi connectivity index (χ3v) is 9.62. The molecule has 0 unspecified atom stereocenters. The van der Waals surface area contributed by atoms with Crippen molar-refractivity contribution < 1.29 is 48.3 Å². The van der Waals surface area contributed by atoms with Gasteiger partial charge in [0.25, 0.3) is 5.91 Å². The molecule has 2 aromatic heterocycles. The number of phenols is 1. The number of methoxy groups -OCH3 is 1. The second kappa shape index (κ2) is 15.5. The largest absolute Gasteiger partial charge is 0.508 e. The molecule has 0 radical (unpaired) electrons. The number of aliphatic hydroxyl groups excluding tert-OH is 1. The van der Waals surface area contributed by atoms with E-state index in [1.165, 1.54) is 37.4 Å². The molecule has 1 aliphatic rings. The Labute approximate surface area is 317 Å². The van der Waals surface area contributed by atoms with Gasteiger partial charge in [-0.15, -0.1) is 0 Å². The number of aromatic hydroxyl groups is 2. The van der Waals surface area contributed by atoms with Crippen LogP contribution in [-0.2, 0) is 20.6 Å². The van der Waals surface area contributed by atoms with Gasteiger partial charge in [-0.05, 0) is 108 Å². The highest BCUT2D eigenvalue weighted by molar-refractivity contribution is 6.06. The average Bonchev–Trinajstić information content (AvgIpc) is 3.54. The van der Waals surface area contributed by atoms with Gasteiger partial charge in [0.05, 0.1) is 11.0 Å². The number of carbonyl (C=O) groups is 2. The number of anilines is 1. The van der Waals surface area contributed by atoms with E-state index in [0.29, 0.717) is 12.0 Å². The third kappa shape index (κ3) is 7.72. The zero-order valence-corrected chi connectivity index (χ0v) is 31.6. The molecule has 1 aliphatic heterocycles. The Kier molecular flexibility index (Phi) is 10.9. The van der Waals surface area contributed by atoms with Crippen molar-refractivity contribution >= 4 is 28.5 Å². The molecule has 1 saturated heterocycles. The standard InChI is InChI=1S/C42H44N2O11/c1-22(2)13-15-25-21-26(16-19-30(25)45)38(48)43-32-33(46)28-17-20-31(24(4)35(28)53-40(32)50)52-41-34(47)36(37(51-7)42(5,6)55-41)54-39(49)29-18-14-23(3)44(29)27-11-9-8-10-12-27/h8-14,16-21,34,36-37,41,45-47H,15H2,1-7H3,(H,43,48)/t34-,36+,37-,41-/m1/s1. The minimum Gasteiger partial charge on any atom is -0.508 e. The van der Waals surface area contributed by atoms with Crippen LogP contribution in [0.4, 0.5) is 5.69 Å². The SMILES string of the molecule is CO[C@@H]1[C@@H](OC(=O)c2ccc(C)n2-c2ccccc2)[C@@H](O)[C@H](Oc2ccc3c(O)c(NC(=O)c4ccc(O)c(CC=C(C)C)c4)c(=O)oc3c2C)OC1(C)C. The quantitative estimate of drug-likeness (QED) is 0.0697. The molecule has 1 fully saturated rings. The summed E-state index contributed by atoms with van der Waals surface area (Å²) in [4.78, 5) is 40.1. The highest BCUT2D eigenvalue weighted by Crippen LogP contribution is 2.39. The number of aromatic nitrogens is 1. The van der Waals surface area contributed by atoms with E-state index in [1.54, 1.807) is 37.5 Å². The van der Waals surface area contributed by atoms with Crippen molar-refractivity contribution in [2.45, 2.75) is 78.2 Å². The van der Waals surface area contributed by atoms with Crippen molar-refractivity contribution in [3.63, 3.8) is 0 Å². The summed E-state index contributed by atoms with van der Waals surface area (Å²) in [5, 5.41) is 35.6. The zero-order chi connectivity index (χ0) is 39.8. The molecule has 5 aromatic rings. The van der Waals surface area contributed by atoms with Crippen LogP contribution in [0.3, 0.4) is 0 Å². The lowest BCUT2D eigenvalue weighted by Crippen LogP contribution is -2.65. The Balaban J connectivity index is 1.25. The van der Waals surface area contributed by atoms with Crippen molar-refractivity contribution in [1.82, 2.24) is 4.57 Å². The maximum absolute atomic E-state index is 13.7. The summed E-state index contributed by atoms with van der Waals surface area (Å²) in [6.07, 6.45) is -2.78. The van der Waals surface area contributed by atoms with Crippen molar-refractivity contribution in [2.75, 3.05) is 12.4 Å². The molecule has 0 bridgehead atoms. The molecular weight excluding hydrogens is 708 g/mol. The summed E-state index contributed by atoms with van der Waals surface area (Å²) >= 11 is 0. The molecule has 4 N–H and O–H groups in total. The molecule has 288 valence electrons. The Morgan fingerprint density at radius 3 is 2.42 bits per heavy atom. The minimum absolute atomic E-state index is 0.0184. The molecule has 3 heterocycles.